The normalized spacial score (nSPS) is 17.0. The first-order valence-electron chi connectivity index (χ1n) is 8.52. The molecule has 1 fully saturated rings. The van der Waals surface area contributed by atoms with Crippen molar-refractivity contribution in [1.82, 2.24) is 19.3 Å². The molecule has 1 aliphatic heterocycles. The fourth-order valence-corrected chi connectivity index (χ4v) is 3.19. The summed E-state index contributed by atoms with van der Waals surface area (Å²) in [5.74, 6) is -0.00203. The number of pyridine rings is 2. The Morgan fingerprint density at radius 1 is 1.24 bits per heavy atom. The second-order valence-corrected chi connectivity index (χ2v) is 6.28. The topological polar surface area (TPSA) is 59.7 Å². The lowest BCUT2D eigenvalue weighted by Crippen LogP contribution is -2.37. The Labute approximate surface area is 146 Å². The molecule has 1 atom stereocenters. The van der Waals surface area contributed by atoms with Gasteiger partial charge in [0.15, 0.2) is 0 Å². The molecule has 0 spiro atoms. The van der Waals surface area contributed by atoms with Crippen molar-refractivity contribution in [2.45, 2.75) is 25.5 Å². The fraction of sp³-hybridized carbons (Fsp3) is 0.316. The highest BCUT2D eigenvalue weighted by atomic mass is 16.5. The van der Waals surface area contributed by atoms with Gasteiger partial charge < -0.3 is 14.0 Å². The summed E-state index contributed by atoms with van der Waals surface area (Å²) in [5, 5.41) is 0. The minimum atomic E-state index is -0.00203. The highest BCUT2D eigenvalue weighted by Gasteiger charge is 2.24. The summed E-state index contributed by atoms with van der Waals surface area (Å²) in [5.41, 5.74) is 2.47. The Morgan fingerprint density at radius 3 is 2.92 bits per heavy atom. The average molecular weight is 336 g/mol. The zero-order valence-electron chi connectivity index (χ0n) is 13.9. The number of nitrogens with zero attached hydrogens (tertiary/aromatic N) is 4. The summed E-state index contributed by atoms with van der Waals surface area (Å²) in [7, 11) is 0. The van der Waals surface area contributed by atoms with Crippen LogP contribution in [0.2, 0.25) is 0 Å². The van der Waals surface area contributed by atoms with Gasteiger partial charge in [-0.15, -0.1) is 0 Å². The van der Waals surface area contributed by atoms with Gasteiger partial charge in [-0.2, -0.15) is 0 Å². The molecule has 0 saturated carbocycles. The number of aromatic nitrogens is 3. The van der Waals surface area contributed by atoms with Gasteiger partial charge in [0.05, 0.1) is 6.10 Å². The monoisotopic (exact) mass is 336 g/mol. The largest absolute Gasteiger partial charge is 0.376 e. The molecule has 1 aliphatic rings. The summed E-state index contributed by atoms with van der Waals surface area (Å²) in [6.07, 6.45) is 11.1. The fourth-order valence-electron chi connectivity index (χ4n) is 3.19. The van der Waals surface area contributed by atoms with E-state index in [1.807, 2.05) is 46.0 Å². The molecular formula is C19H20N4O2. The molecule has 4 rings (SSSR count). The maximum Gasteiger partial charge on any atom is 0.254 e. The lowest BCUT2D eigenvalue weighted by Gasteiger charge is -2.25. The Bertz CT molecular complexity index is 856. The van der Waals surface area contributed by atoms with Gasteiger partial charge in [0.1, 0.15) is 5.65 Å². The van der Waals surface area contributed by atoms with Gasteiger partial charge in [0.2, 0.25) is 0 Å². The first-order valence-corrected chi connectivity index (χ1v) is 8.52. The van der Waals surface area contributed by atoms with Crippen molar-refractivity contribution < 1.29 is 9.53 Å². The van der Waals surface area contributed by atoms with Crippen LogP contribution in [0.5, 0.6) is 0 Å². The van der Waals surface area contributed by atoms with Gasteiger partial charge in [-0.05, 0) is 42.7 Å². The molecule has 6 heteroatoms. The predicted molar refractivity (Wildman–Crippen MR) is 93.1 cm³/mol. The summed E-state index contributed by atoms with van der Waals surface area (Å²) in [6, 6.07) is 7.55. The minimum absolute atomic E-state index is 0.00203. The van der Waals surface area contributed by atoms with E-state index in [1.165, 1.54) is 0 Å². The van der Waals surface area contributed by atoms with Crippen molar-refractivity contribution in [3.05, 3.63) is 66.4 Å². The molecule has 1 unspecified atom stereocenters. The van der Waals surface area contributed by atoms with Crippen LogP contribution < -0.4 is 0 Å². The third-order valence-corrected chi connectivity index (χ3v) is 4.50. The van der Waals surface area contributed by atoms with Crippen molar-refractivity contribution in [3.8, 4) is 0 Å². The molecule has 25 heavy (non-hydrogen) atoms. The first-order chi connectivity index (χ1) is 12.3. The van der Waals surface area contributed by atoms with Crippen LogP contribution in [0.25, 0.3) is 5.65 Å². The molecule has 3 aromatic heterocycles. The van der Waals surface area contributed by atoms with Crippen molar-refractivity contribution in [2.24, 2.45) is 0 Å². The summed E-state index contributed by atoms with van der Waals surface area (Å²) in [6.45, 7) is 1.92. The third-order valence-electron chi connectivity index (χ3n) is 4.50. The molecule has 6 nitrogen and oxygen atoms in total. The highest BCUT2D eigenvalue weighted by Crippen LogP contribution is 2.18. The number of hydrogen-bond donors (Lipinski definition) is 0. The van der Waals surface area contributed by atoms with Crippen molar-refractivity contribution >= 4 is 11.6 Å². The summed E-state index contributed by atoms with van der Waals surface area (Å²) >= 11 is 0. The number of carbonyl (C=O) groups excluding carboxylic acids is 1. The number of ether oxygens (including phenoxy) is 1. The number of carbonyl (C=O) groups is 1. The van der Waals surface area contributed by atoms with Crippen molar-refractivity contribution in [3.63, 3.8) is 0 Å². The van der Waals surface area contributed by atoms with E-state index in [9.17, 15) is 4.79 Å². The lowest BCUT2D eigenvalue weighted by atomic mass is 10.1. The molecule has 128 valence electrons. The second kappa shape index (κ2) is 7.03. The Kier molecular flexibility index (Phi) is 4.43. The van der Waals surface area contributed by atoms with E-state index in [0.29, 0.717) is 18.7 Å². The van der Waals surface area contributed by atoms with Crippen LogP contribution in [-0.2, 0) is 11.3 Å². The van der Waals surface area contributed by atoms with Gasteiger partial charge in [-0.1, -0.05) is 0 Å². The van der Waals surface area contributed by atoms with Crippen molar-refractivity contribution in [2.75, 3.05) is 13.2 Å². The first kappa shape index (κ1) is 15.8. The molecule has 1 saturated heterocycles. The van der Waals surface area contributed by atoms with Gasteiger partial charge >= 0.3 is 0 Å². The molecule has 1 amide bonds. The molecule has 4 heterocycles. The Balaban J connectivity index is 1.59. The van der Waals surface area contributed by atoms with E-state index in [4.69, 9.17) is 4.74 Å². The van der Waals surface area contributed by atoms with E-state index in [1.54, 1.807) is 18.6 Å². The number of fused-ring (bicyclic) bond motifs is 1. The van der Waals surface area contributed by atoms with E-state index >= 15 is 0 Å². The van der Waals surface area contributed by atoms with Crippen LogP contribution in [-0.4, -0.2) is 44.4 Å². The summed E-state index contributed by atoms with van der Waals surface area (Å²) < 4.78 is 7.64. The Morgan fingerprint density at radius 2 is 2.12 bits per heavy atom. The lowest BCUT2D eigenvalue weighted by molar-refractivity contribution is 0.0507. The molecule has 0 bridgehead atoms. The van der Waals surface area contributed by atoms with Crippen LogP contribution in [0.4, 0.5) is 0 Å². The van der Waals surface area contributed by atoms with Crippen molar-refractivity contribution in [1.29, 1.82) is 0 Å². The SMILES string of the molecule is O=C(c1ccn2ccnc2c1)N(Cc1ccncc1)CC1CCCO1. The van der Waals surface area contributed by atoms with Crippen LogP contribution >= 0.6 is 0 Å². The van der Waals surface area contributed by atoms with Gasteiger partial charge in [0.25, 0.3) is 5.91 Å². The zero-order chi connectivity index (χ0) is 17.1. The number of rotatable bonds is 5. The molecule has 0 aliphatic carbocycles. The third kappa shape index (κ3) is 3.53. The van der Waals surface area contributed by atoms with Gasteiger partial charge in [-0.3, -0.25) is 9.78 Å². The maximum absolute atomic E-state index is 13.1. The maximum atomic E-state index is 13.1. The number of amides is 1. The van der Waals surface area contributed by atoms with Gasteiger partial charge in [-0.25, -0.2) is 4.98 Å². The molecular weight excluding hydrogens is 316 g/mol. The highest BCUT2D eigenvalue weighted by molar-refractivity contribution is 5.95. The van der Waals surface area contributed by atoms with Crippen LogP contribution in [0.15, 0.2) is 55.2 Å². The quantitative estimate of drug-likeness (QED) is 0.718. The average Bonchev–Trinajstić information content (AvgIpc) is 3.32. The molecule has 0 N–H and O–H groups in total. The summed E-state index contributed by atoms with van der Waals surface area (Å²) in [4.78, 5) is 23.3. The standard InChI is InChI=1S/C19H20N4O2/c24-19(16-5-9-22-10-8-21-18(22)12-16)23(14-17-2-1-11-25-17)13-15-3-6-20-7-4-15/h3-10,12,17H,1-2,11,13-14H2. The minimum Gasteiger partial charge on any atom is -0.376 e. The van der Waals surface area contributed by atoms with E-state index in [0.717, 1.165) is 30.7 Å². The number of hydrogen-bond acceptors (Lipinski definition) is 4. The molecule has 3 aromatic rings. The van der Waals surface area contributed by atoms with Gasteiger partial charge in [0, 0.05) is 56.2 Å². The van der Waals surface area contributed by atoms with Crippen LogP contribution in [0.3, 0.4) is 0 Å². The van der Waals surface area contributed by atoms with Crippen LogP contribution in [0.1, 0.15) is 28.8 Å². The van der Waals surface area contributed by atoms with Crippen LogP contribution in [0, 0.1) is 0 Å². The zero-order valence-corrected chi connectivity index (χ0v) is 13.9. The smallest absolute Gasteiger partial charge is 0.254 e. The number of imidazole rings is 1. The second-order valence-electron chi connectivity index (χ2n) is 6.28. The van der Waals surface area contributed by atoms with E-state index < -0.39 is 0 Å². The Hall–Kier alpha value is -2.73. The molecule has 0 radical (unpaired) electrons. The van der Waals surface area contributed by atoms with E-state index in [-0.39, 0.29) is 12.0 Å². The van der Waals surface area contributed by atoms with E-state index in [2.05, 4.69) is 9.97 Å². The molecule has 0 aromatic carbocycles. The predicted octanol–water partition coefficient (Wildman–Crippen LogP) is 2.55.